The zero-order valence-corrected chi connectivity index (χ0v) is 18.2. The molecule has 1 aromatic rings. The zero-order chi connectivity index (χ0) is 19.1. The molecule has 0 radical (unpaired) electrons. The molecule has 1 unspecified atom stereocenters. The Morgan fingerprint density at radius 2 is 1.36 bits per heavy atom. The number of rotatable bonds is 10. The van der Waals surface area contributed by atoms with Gasteiger partial charge in [0.05, 0.1) is 0 Å². The van der Waals surface area contributed by atoms with Gasteiger partial charge in [-0.2, -0.15) is 0 Å². The Bertz CT molecular complexity index is 490. The van der Waals surface area contributed by atoms with Gasteiger partial charge in [-0.05, 0) is 0 Å². The Morgan fingerprint density at radius 1 is 0.880 bits per heavy atom. The molecule has 0 fully saturated rings. The van der Waals surface area contributed by atoms with Crippen LogP contribution in [0.25, 0.3) is 0 Å². The van der Waals surface area contributed by atoms with Crippen LogP contribution in [-0.2, 0) is 6.42 Å². The molecule has 0 bridgehead atoms. The normalized spacial score (nSPS) is 14.6. The predicted octanol–water partition coefficient (Wildman–Crippen LogP) is 7.41. The molecule has 0 spiro atoms. The van der Waals surface area contributed by atoms with Crippen LogP contribution in [0.15, 0.2) is 30.3 Å². The molecule has 0 nitrogen and oxygen atoms in total. The maximum absolute atomic E-state index is 14.8. The summed E-state index contributed by atoms with van der Waals surface area (Å²) >= 11 is -4.91. The Balaban J connectivity index is 3.30. The third-order valence-corrected chi connectivity index (χ3v) is 22.7. The van der Waals surface area contributed by atoms with Crippen molar-refractivity contribution in [1.29, 1.82) is 0 Å². The van der Waals surface area contributed by atoms with E-state index in [-0.39, 0.29) is 8.87 Å². The summed E-state index contributed by atoms with van der Waals surface area (Å²) in [6.45, 7) is 5.35. The van der Waals surface area contributed by atoms with E-state index in [0.717, 1.165) is 5.56 Å². The van der Waals surface area contributed by atoms with Crippen LogP contribution in [0.3, 0.4) is 0 Å². The molecule has 0 aliphatic carbocycles. The number of alkyl halides is 5. The molecule has 1 rings (SSSR count). The fourth-order valence-corrected chi connectivity index (χ4v) is 19.8. The summed E-state index contributed by atoms with van der Waals surface area (Å²) in [5.74, 6) is 0. The van der Waals surface area contributed by atoms with Crippen LogP contribution in [0.4, 0.5) is 22.0 Å². The Kier molecular flexibility index (Phi) is 8.68. The third-order valence-electron chi connectivity index (χ3n) is 5.26. The molecule has 6 heteroatoms. The first-order valence-corrected chi connectivity index (χ1v) is 16.2. The monoisotopic (exact) mass is 472 g/mol. The summed E-state index contributed by atoms with van der Waals surface area (Å²) in [5.41, 5.74) is 0.849. The molecule has 25 heavy (non-hydrogen) atoms. The van der Waals surface area contributed by atoms with Crippen molar-refractivity contribution >= 4 is 18.4 Å². The van der Waals surface area contributed by atoms with Crippen molar-refractivity contribution in [2.24, 2.45) is 0 Å². The number of hydrogen-bond acceptors (Lipinski definition) is 0. The molecule has 0 aliphatic rings. The van der Waals surface area contributed by atoms with E-state index in [1.807, 2.05) is 32.0 Å². The van der Waals surface area contributed by atoms with Crippen molar-refractivity contribution in [3.63, 3.8) is 0 Å². The van der Waals surface area contributed by atoms with Gasteiger partial charge in [-0.25, -0.2) is 0 Å². The van der Waals surface area contributed by atoms with Crippen molar-refractivity contribution in [3.8, 4) is 0 Å². The number of unbranched alkanes of at least 4 members (excludes halogenated alkanes) is 2. The fraction of sp³-hybridized carbons (Fsp3) is 0.684. The average molecular weight is 471 g/mol. The molecule has 0 aromatic heterocycles. The Hall–Kier alpha value is -0.331. The topological polar surface area (TPSA) is 0 Å². The molecule has 144 valence electrons. The molecule has 0 heterocycles. The standard InChI is InChI=1S/C9H11.2C4H9.C2F5.Sn/c1-2-6-9-7-4-3-5-8-9;2*1-3-4-2;3-1(4)2(5,6)7;/h2-5,7-8H,6H2,1H3;2*1,3-4H2,2H3;;. The first-order chi connectivity index (χ1) is 11.6. The van der Waals surface area contributed by atoms with E-state index in [2.05, 4.69) is 0 Å². The second kappa shape index (κ2) is 9.56. The summed E-state index contributed by atoms with van der Waals surface area (Å²) in [4.78, 5) is 0. The van der Waals surface area contributed by atoms with E-state index in [1.54, 1.807) is 19.1 Å². The van der Waals surface area contributed by atoms with Gasteiger partial charge in [0.25, 0.3) is 0 Å². The summed E-state index contributed by atoms with van der Waals surface area (Å²) in [7, 11) is 0. The van der Waals surface area contributed by atoms with E-state index in [0.29, 0.717) is 32.1 Å². The average Bonchev–Trinajstić information content (AvgIpc) is 2.55. The van der Waals surface area contributed by atoms with E-state index in [4.69, 9.17) is 0 Å². The van der Waals surface area contributed by atoms with Crippen LogP contribution >= 0.6 is 0 Å². The molecule has 1 aromatic carbocycles. The van der Waals surface area contributed by atoms with Gasteiger partial charge in [0.15, 0.2) is 0 Å². The van der Waals surface area contributed by atoms with Crippen molar-refractivity contribution in [2.45, 2.75) is 75.8 Å². The van der Waals surface area contributed by atoms with Crippen LogP contribution in [-0.4, -0.2) is 28.5 Å². The SMILES string of the molecule is CCC[CH2][Sn]([CH2]CCC)([CH](C)Cc1ccccc1)[C](F)(F)C(F)(F)F. The quantitative estimate of drug-likeness (QED) is 0.247. The first kappa shape index (κ1) is 22.7. The second-order valence-electron chi connectivity index (χ2n) is 7.03. The molecular formula is C19H29F5Sn. The minimum absolute atomic E-state index is 0.103. The summed E-state index contributed by atoms with van der Waals surface area (Å²) in [5, 5.41) is 0. The van der Waals surface area contributed by atoms with Gasteiger partial charge >= 0.3 is 152 Å². The maximum atomic E-state index is 14.8. The van der Waals surface area contributed by atoms with Gasteiger partial charge in [0.2, 0.25) is 0 Å². The van der Waals surface area contributed by atoms with E-state index in [9.17, 15) is 22.0 Å². The zero-order valence-electron chi connectivity index (χ0n) is 15.3. The van der Waals surface area contributed by atoms with Gasteiger partial charge in [-0.1, -0.05) is 0 Å². The van der Waals surface area contributed by atoms with Gasteiger partial charge < -0.3 is 0 Å². The number of benzene rings is 1. The molecule has 1 atom stereocenters. The molecule has 0 saturated heterocycles. The van der Waals surface area contributed by atoms with Crippen LogP contribution in [0.2, 0.25) is 12.8 Å². The van der Waals surface area contributed by atoms with Gasteiger partial charge in [0, 0.05) is 0 Å². The predicted molar refractivity (Wildman–Crippen MR) is 95.8 cm³/mol. The number of halogens is 5. The summed E-state index contributed by atoms with van der Waals surface area (Å²) in [6.07, 6.45) is -2.89. The third kappa shape index (κ3) is 5.33. The molecular weight excluding hydrogens is 442 g/mol. The van der Waals surface area contributed by atoms with E-state index in [1.165, 1.54) is 0 Å². The van der Waals surface area contributed by atoms with Crippen LogP contribution < -0.4 is 0 Å². The minimum atomic E-state index is -5.44. The molecule has 0 saturated carbocycles. The van der Waals surface area contributed by atoms with Gasteiger partial charge in [-0.15, -0.1) is 0 Å². The van der Waals surface area contributed by atoms with E-state index < -0.39 is 32.4 Å². The molecule has 0 aliphatic heterocycles. The van der Waals surface area contributed by atoms with Crippen molar-refractivity contribution in [2.75, 3.05) is 0 Å². The van der Waals surface area contributed by atoms with Crippen LogP contribution in [0, 0.1) is 0 Å². The Morgan fingerprint density at radius 3 is 1.76 bits per heavy atom. The first-order valence-electron chi connectivity index (χ1n) is 9.10. The van der Waals surface area contributed by atoms with Gasteiger partial charge in [-0.3, -0.25) is 0 Å². The van der Waals surface area contributed by atoms with Crippen molar-refractivity contribution in [1.82, 2.24) is 0 Å². The fourth-order valence-electron chi connectivity index (χ4n) is 3.67. The van der Waals surface area contributed by atoms with Crippen molar-refractivity contribution in [3.05, 3.63) is 35.9 Å². The van der Waals surface area contributed by atoms with Crippen LogP contribution in [0.5, 0.6) is 0 Å². The molecule has 0 N–H and O–H groups in total. The number of hydrogen-bond donors (Lipinski definition) is 0. The van der Waals surface area contributed by atoms with Crippen molar-refractivity contribution < 1.29 is 22.0 Å². The Labute approximate surface area is 152 Å². The summed E-state index contributed by atoms with van der Waals surface area (Å²) < 4.78 is 64.9. The summed E-state index contributed by atoms with van der Waals surface area (Å²) in [6, 6.07) is 9.07. The van der Waals surface area contributed by atoms with Gasteiger partial charge in [0.1, 0.15) is 0 Å². The molecule has 0 amide bonds. The second-order valence-corrected chi connectivity index (χ2v) is 21.1. The van der Waals surface area contributed by atoms with Crippen LogP contribution in [0.1, 0.15) is 52.0 Å². The van der Waals surface area contributed by atoms with E-state index >= 15 is 0 Å².